The summed E-state index contributed by atoms with van der Waals surface area (Å²) in [6.45, 7) is 0.609. The highest BCUT2D eigenvalue weighted by atomic mass is 32.2. The number of ether oxygens (including phenoxy) is 2. The molecule has 2 aromatic rings. The molecule has 148 valence electrons. The number of carbonyl (C=O) groups is 1. The van der Waals surface area contributed by atoms with Gasteiger partial charge in [0, 0.05) is 17.7 Å². The van der Waals surface area contributed by atoms with E-state index in [1.807, 2.05) is 0 Å². The Balaban J connectivity index is 1.97. The Bertz CT molecular complexity index is 1020. The molecule has 0 unspecified atom stereocenters. The van der Waals surface area contributed by atoms with Crippen LogP contribution >= 0.6 is 0 Å². The quantitative estimate of drug-likeness (QED) is 0.521. The lowest BCUT2D eigenvalue weighted by molar-refractivity contribution is -0.385. The number of fused-ring (bicyclic) bond motifs is 1. The number of hydrogen-bond donors (Lipinski definition) is 2. The van der Waals surface area contributed by atoms with Crippen molar-refractivity contribution in [2.75, 3.05) is 13.2 Å². The van der Waals surface area contributed by atoms with Crippen molar-refractivity contribution in [3.63, 3.8) is 0 Å². The average molecular weight is 408 g/mol. The van der Waals surface area contributed by atoms with Crippen molar-refractivity contribution < 1.29 is 32.7 Å². The summed E-state index contributed by atoms with van der Waals surface area (Å²) in [7, 11) is -4.20. The molecule has 0 saturated heterocycles. The molecule has 0 saturated carbocycles. The molecule has 2 N–H and O–H groups in total. The zero-order valence-electron chi connectivity index (χ0n) is 14.4. The molecule has 1 atom stereocenters. The molecule has 1 heterocycles. The number of rotatable bonds is 7. The van der Waals surface area contributed by atoms with E-state index in [-0.39, 0.29) is 28.5 Å². The molecule has 0 fully saturated rings. The van der Waals surface area contributed by atoms with Gasteiger partial charge in [0.2, 0.25) is 10.0 Å². The van der Waals surface area contributed by atoms with Crippen LogP contribution in [-0.4, -0.2) is 37.6 Å². The van der Waals surface area contributed by atoms with E-state index < -0.39 is 33.4 Å². The standard InChI is InChI=1S/C17H16N2O8S/c20-17(21)10-13(12-3-1-2-4-14(12)19(22)23)18-28(24,25)11-5-6-15-16(9-11)27-8-7-26-15/h1-6,9,13,18H,7-8,10H2,(H,20,21)/t13-/m0/s1. The predicted molar refractivity (Wildman–Crippen MR) is 95.8 cm³/mol. The average Bonchev–Trinajstić information content (AvgIpc) is 2.66. The third-order valence-corrected chi connectivity index (χ3v) is 5.48. The van der Waals surface area contributed by atoms with Gasteiger partial charge in [0.25, 0.3) is 5.69 Å². The maximum absolute atomic E-state index is 12.8. The maximum atomic E-state index is 12.8. The Labute approximate surface area is 159 Å². The van der Waals surface area contributed by atoms with Gasteiger partial charge < -0.3 is 14.6 Å². The van der Waals surface area contributed by atoms with Gasteiger partial charge in [-0.05, 0) is 12.1 Å². The van der Waals surface area contributed by atoms with Crippen LogP contribution in [0.25, 0.3) is 0 Å². The van der Waals surface area contributed by atoms with Crippen LogP contribution < -0.4 is 14.2 Å². The van der Waals surface area contributed by atoms with Crippen molar-refractivity contribution in [2.24, 2.45) is 0 Å². The highest BCUT2D eigenvalue weighted by Gasteiger charge is 2.29. The number of carboxylic acid groups (broad SMARTS) is 1. The minimum atomic E-state index is -4.20. The SMILES string of the molecule is O=C(O)C[C@H](NS(=O)(=O)c1ccc2c(c1)OCCO2)c1ccccc1[N+](=O)[O-]. The van der Waals surface area contributed by atoms with E-state index in [2.05, 4.69) is 4.72 Å². The Kier molecular flexibility index (Phi) is 5.47. The molecule has 1 aliphatic heterocycles. The fourth-order valence-electron chi connectivity index (χ4n) is 2.78. The minimum Gasteiger partial charge on any atom is -0.486 e. The van der Waals surface area contributed by atoms with Crippen molar-refractivity contribution in [2.45, 2.75) is 17.4 Å². The monoisotopic (exact) mass is 408 g/mol. The lowest BCUT2D eigenvalue weighted by Crippen LogP contribution is -2.31. The lowest BCUT2D eigenvalue weighted by atomic mass is 10.0. The van der Waals surface area contributed by atoms with Gasteiger partial charge in [-0.3, -0.25) is 14.9 Å². The molecule has 10 nitrogen and oxygen atoms in total. The van der Waals surface area contributed by atoms with Crippen LogP contribution in [0.1, 0.15) is 18.0 Å². The molecule has 1 aliphatic rings. The number of sulfonamides is 1. The molecule has 0 aromatic heterocycles. The summed E-state index contributed by atoms with van der Waals surface area (Å²) in [6, 6.07) is 8.02. The fourth-order valence-corrected chi connectivity index (χ4v) is 4.01. The highest BCUT2D eigenvalue weighted by Crippen LogP contribution is 2.33. The van der Waals surface area contributed by atoms with E-state index in [1.165, 1.54) is 42.5 Å². The minimum absolute atomic E-state index is 0.0454. The molecule has 0 bridgehead atoms. The van der Waals surface area contributed by atoms with Gasteiger partial charge in [-0.1, -0.05) is 18.2 Å². The first-order valence-corrected chi connectivity index (χ1v) is 9.63. The Hall–Kier alpha value is -3.18. The van der Waals surface area contributed by atoms with Gasteiger partial charge in [0.15, 0.2) is 11.5 Å². The second-order valence-corrected chi connectivity index (χ2v) is 7.61. The van der Waals surface area contributed by atoms with Crippen LogP contribution in [-0.2, 0) is 14.8 Å². The van der Waals surface area contributed by atoms with Crippen LogP contribution in [0.2, 0.25) is 0 Å². The molecular weight excluding hydrogens is 392 g/mol. The van der Waals surface area contributed by atoms with E-state index >= 15 is 0 Å². The van der Waals surface area contributed by atoms with Crippen molar-refractivity contribution in [3.8, 4) is 11.5 Å². The Morgan fingerprint density at radius 2 is 1.86 bits per heavy atom. The third kappa shape index (κ3) is 4.21. The molecule has 11 heteroatoms. The topological polar surface area (TPSA) is 145 Å². The number of nitrogens with one attached hydrogen (secondary N) is 1. The van der Waals surface area contributed by atoms with Crippen LogP contribution in [0.4, 0.5) is 5.69 Å². The summed E-state index contributed by atoms with van der Waals surface area (Å²) in [5, 5.41) is 20.4. The first-order chi connectivity index (χ1) is 13.3. The first-order valence-electron chi connectivity index (χ1n) is 8.15. The normalized spacial score (nSPS) is 14.3. The molecule has 0 aliphatic carbocycles. The van der Waals surface area contributed by atoms with E-state index in [1.54, 1.807) is 0 Å². The van der Waals surface area contributed by atoms with E-state index in [9.17, 15) is 23.3 Å². The second-order valence-electron chi connectivity index (χ2n) is 5.89. The summed E-state index contributed by atoms with van der Waals surface area (Å²) < 4.78 is 38.5. The van der Waals surface area contributed by atoms with Crippen LogP contribution in [0, 0.1) is 10.1 Å². The second kappa shape index (κ2) is 7.82. The zero-order valence-corrected chi connectivity index (χ0v) is 15.2. The predicted octanol–water partition coefficient (Wildman–Crippen LogP) is 1.86. The highest BCUT2D eigenvalue weighted by molar-refractivity contribution is 7.89. The van der Waals surface area contributed by atoms with Crippen molar-refractivity contribution in [1.82, 2.24) is 4.72 Å². The number of para-hydroxylation sites is 1. The molecule has 3 rings (SSSR count). The maximum Gasteiger partial charge on any atom is 0.305 e. The first kappa shape index (κ1) is 19.6. The Morgan fingerprint density at radius 1 is 1.18 bits per heavy atom. The van der Waals surface area contributed by atoms with Gasteiger partial charge in [0.05, 0.1) is 22.3 Å². The third-order valence-electron chi connectivity index (χ3n) is 4.01. The van der Waals surface area contributed by atoms with Crippen molar-refractivity contribution in [3.05, 3.63) is 58.1 Å². The van der Waals surface area contributed by atoms with E-state index in [4.69, 9.17) is 14.6 Å². The summed E-state index contributed by atoms with van der Waals surface area (Å²) in [5.41, 5.74) is -0.422. The molecular formula is C17H16N2O8S. The molecule has 28 heavy (non-hydrogen) atoms. The smallest absolute Gasteiger partial charge is 0.305 e. The largest absolute Gasteiger partial charge is 0.486 e. The summed E-state index contributed by atoms with van der Waals surface area (Å²) in [5.74, 6) is -0.673. The summed E-state index contributed by atoms with van der Waals surface area (Å²) >= 11 is 0. The van der Waals surface area contributed by atoms with Crippen LogP contribution in [0.5, 0.6) is 11.5 Å². The van der Waals surface area contributed by atoms with Gasteiger partial charge in [0.1, 0.15) is 13.2 Å². The Morgan fingerprint density at radius 3 is 2.54 bits per heavy atom. The van der Waals surface area contributed by atoms with Gasteiger partial charge >= 0.3 is 5.97 Å². The summed E-state index contributed by atoms with van der Waals surface area (Å²) in [4.78, 5) is 21.6. The van der Waals surface area contributed by atoms with Gasteiger partial charge in [-0.25, -0.2) is 13.1 Å². The van der Waals surface area contributed by atoms with Gasteiger partial charge in [-0.2, -0.15) is 0 Å². The van der Waals surface area contributed by atoms with Gasteiger partial charge in [-0.15, -0.1) is 0 Å². The van der Waals surface area contributed by atoms with E-state index in [0.29, 0.717) is 12.4 Å². The number of benzene rings is 2. The molecule has 0 radical (unpaired) electrons. The number of nitro groups is 1. The number of nitro benzene ring substituents is 1. The number of carboxylic acids is 1. The fraction of sp³-hybridized carbons (Fsp3) is 0.235. The summed E-state index contributed by atoms with van der Waals surface area (Å²) in [6.07, 6.45) is -0.672. The molecule has 2 aromatic carbocycles. The molecule has 0 spiro atoms. The van der Waals surface area contributed by atoms with Crippen molar-refractivity contribution >= 4 is 21.7 Å². The lowest BCUT2D eigenvalue weighted by Gasteiger charge is -2.20. The number of hydrogen-bond acceptors (Lipinski definition) is 7. The van der Waals surface area contributed by atoms with E-state index in [0.717, 1.165) is 0 Å². The number of nitrogens with zero attached hydrogens (tertiary/aromatic N) is 1. The van der Waals surface area contributed by atoms with Crippen molar-refractivity contribution in [1.29, 1.82) is 0 Å². The zero-order chi connectivity index (χ0) is 20.3. The number of aliphatic carboxylic acids is 1. The molecule has 0 amide bonds. The van der Waals surface area contributed by atoms with Crippen LogP contribution in [0.15, 0.2) is 47.4 Å². The van der Waals surface area contributed by atoms with Crippen LogP contribution in [0.3, 0.4) is 0 Å².